The van der Waals surface area contributed by atoms with Crippen molar-refractivity contribution in [3.05, 3.63) is 87.8 Å². The predicted octanol–water partition coefficient (Wildman–Crippen LogP) is 4.96. The fourth-order valence-corrected chi connectivity index (χ4v) is 6.11. The predicted molar refractivity (Wildman–Crippen MR) is 131 cm³/mol. The first kappa shape index (κ1) is 18.1. The van der Waals surface area contributed by atoms with Gasteiger partial charge in [-0.25, -0.2) is 8.42 Å². The third kappa shape index (κ3) is 5.36. The molecule has 4 aromatic rings. The van der Waals surface area contributed by atoms with Crippen molar-refractivity contribution in [2.75, 3.05) is 5.75 Å². The zero-order valence-electron chi connectivity index (χ0n) is 21.9. The Morgan fingerprint density at radius 2 is 1.88 bits per heavy atom. The molecule has 1 atom stereocenters. The van der Waals surface area contributed by atoms with Gasteiger partial charge in [-0.05, 0) is 62.2 Å². The number of sulfone groups is 1. The normalized spacial score (nSPS) is 14.0. The lowest BCUT2D eigenvalue weighted by atomic mass is 10.00. The summed E-state index contributed by atoms with van der Waals surface area (Å²) in [5.41, 5.74) is 2.37. The lowest BCUT2D eigenvalue weighted by Crippen LogP contribution is -2.25. The van der Waals surface area contributed by atoms with Crippen LogP contribution in [0.15, 0.2) is 64.9 Å². The van der Waals surface area contributed by atoms with Gasteiger partial charge in [-0.2, -0.15) is 0 Å². The van der Waals surface area contributed by atoms with Crippen molar-refractivity contribution in [3.8, 4) is 11.8 Å². The van der Waals surface area contributed by atoms with Crippen LogP contribution < -0.4 is 0 Å². The number of aromatic nitrogens is 1. The van der Waals surface area contributed by atoms with Gasteiger partial charge >= 0.3 is 5.97 Å². The number of hydrogen-bond acceptors (Lipinski definition) is 4. The maximum Gasteiger partial charge on any atom is 0.307 e. The molecule has 0 unspecified atom stereocenters. The summed E-state index contributed by atoms with van der Waals surface area (Å²) < 4.78 is 59.0. The van der Waals surface area contributed by atoms with Gasteiger partial charge in [-0.15, -0.1) is 11.3 Å². The molecule has 0 aliphatic rings. The molecular formula is C26H23NO4S2. The van der Waals surface area contributed by atoms with E-state index in [0.717, 1.165) is 22.5 Å². The summed E-state index contributed by atoms with van der Waals surface area (Å²) in [6, 6.07) is 10.2. The van der Waals surface area contributed by atoms with Crippen LogP contribution in [0.25, 0.3) is 10.9 Å². The van der Waals surface area contributed by atoms with E-state index in [2.05, 4.69) is 16.8 Å². The Morgan fingerprint density at radius 3 is 2.61 bits per heavy atom. The number of rotatable bonds is 6. The largest absolute Gasteiger partial charge is 0.481 e. The number of aliphatic carboxylic acids is 1. The molecule has 0 aliphatic heterocycles. The number of aromatic amines is 1. The van der Waals surface area contributed by atoms with Gasteiger partial charge in [0.2, 0.25) is 0 Å². The first-order chi connectivity index (χ1) is 17.4. The van der Waals surface area contributed by atoms with Crippen molar-refractivity contribution in [1.29, 1.82) is 0 Å². The molecule has 33 heavy (non-hydrogen) atoms. The summed E-state index contributed by atoms with van der Waals surface area (Å²) in [4.78, 5) is 15.3. The first-order valence-corrected chi connectivity index (χ1v) is 12.6. The summed E-state index contributed by atoms with van der Waals surface area (Å²) in [5.74, 6) is 2.49. The summed E-state index contributed by atoms with van der Waals surface area (Å²) in [6.07, 6.45) is -0.517. The van der Waals surface area contributed by atoms with E-state index in [1.54, 1.807) is 6.07 Å². The monoisotopic (exact) mass is 481 g/mol. The van der Waals surface area contributed by atoms with E-state index in [-0.39, 0.29) is 57.0 Å². The van der Waals surface area contributed by atoms with E-state index < -0.39 is 27.5 Å². The maximum atomic E-state index is 13.1. The molecule has 0 bridgehead atoms. The quantitative estimate of drug-likeness (QED) is 0.381. The fourth-order valence-electron chi connectivity index (χ4n) is 3.31. The van der Waals surface area contributed by atoms with Gasteiger partial charge < -0.3 is 10.1 Å². The van der Waals surface area contributed by atoms with Crippen molar-refractivity contribution < 1.29 is 23.8 Å². The molecule has 0 aliphatic carbocycles. The lowest BCUT2D eigenvalue weighted by Gasteiger charge is -2.12. The number of hydrogen-bond donors (Lipinski definition) is 2. The molecular weight excluding hydrogens is 454 g/mol. The molecule has 2 heterocycles. The second-order valence-corrected chi connectivity index (χ2v) is 11.1. The number of carboxylic acids is 1. The third-order valence-electron chi connectivity index (χ3n) is 5.07. The molecule has 5 nitrogen and oxygen atoms in total. The minimum absolute atomic E-state index is 0.00120. The van der Waals surface area contributed by atoms with Crippen molar-refractivity contribution in [2.45, 2.75) is 24.5 Å². The fraction of sp³-hybridized carbons (Fsp3) is 0.192. The Kier molecular flexibility index (Phi) is 5.09. The van der Waals surface area contributed by atoms with Crippen LogP contribution in [0.4, 0.5) is 0 Å². The van der Waals surface area contributed by atoms with Crippen LogP contribution in [-0.4, -0.2) is 30.2 Å². The highest BCUT2D eigenvalue weighted by Gasteiger charge is 2.28. The second kappa shape index (κ2) is 9.26. The Labute approximate surface area is 202 Å². The van der Waals surface area contributed by atoms with Crippen molar-refractivity contribution in [3.63, 3.8) is 0 Å². The average Bonchev–Trinajstić information content (AvgIpc) is 3.46. The van der Waals surface area contributed by atoms with Gasteiger partial charge in [0, 0.05) is 22.6 Å². The number of fused-ring (bicyclic) bond motifs is 1. The molecule has 0 saturated carbocycles. The number of nitrogens with one attached hydrogen (secondary N) is 1. The Balaban J connectivity index is 1.62. The second-order valence-electron chi connectivity index (χ2n) is 7.73. The molecule has 0 saturated heterocycles. The van der Waals surface area contributed by atoms with Gasteiger partial charge in [0.1, 0.15) is 4.21 Å². The highest BCUT2D eigenvalue weighted by atomic mass is 32.2. The van der Waals surface area contributed by atoms with Crippen molar-refractivity contribution in [1.82, 2.24) is 4.98 Å². The lowest BCUT2D eigenvalue weighted by molar-refractivity contribution is -0.140. The number of carbonyl (C=O) groups is 1. The van der Waals surface area contributed by atoms with Crippen LogP contribution in [0.1, 0.15) is 32.6 Å². The zero-order chi connectivity index (χ0) is 27.1. The maximum absolute atomic E-state index is 13.1. The minimum Gasteiger partial charge on any atom is -0.481 e. The Bertz CT molecular complexity index is 1690. The topological polar surface area (TPSA) is 87.2 Å². The van der Waals surface area contributed by atoms with Crippen LogP contribution in [0.3, 0.4) is 0 Å². The van der Waals surface area contributed by atoms with E-state index >= 15 is 0 Å². The third-order valence-corrected chi connectivity index (χ3v) is 8.46. The Hall–Kier alpha value is -3.34. The van der Waals surface area contributed by atoms with E-state index in [1.807, 2.05) is 31.2 Å². The molecule has 2 N–H and O–H groups in total. The number of thiophene rings is 1. The number of H-pyrrole nitrogens is 1. The molecule has 168 valence electrons. The van der Waals surface area contributed by atoms with E-state index in [4.69, 9.17) is 5.48 Å². The van der Waals surface area contributed by atoms with Crippen LogP contribution in [0, 0.1) is 31.6 Å². The molecule has 0 radical (unpaired) electrons. The summed E-state index contributed by atoms with van der Waals surface area (Å²) in [5, 5.41) is 10.0. The smallest absolute Gasteiger partial charge is 0.307 e. The molecule has 0 spiro atoms. The van der Waals surface area contributed by atoms with E-state index in [9.17, 15) is 18.3 Å². The minimum atomic E-state index is -3.99. The van der Waals surface area contributed by atoms with E-state index in [0.29, 0.717) is 4.88 Å². The number of benzene rings is 2. The van der Waals surface area contributed by atoms with Gasteiger partial charge in [0.05, 0.1) is 22.0 Å². The summed E-state index contributed by atoms with van der Waals surface area (Å²) in [6.45, 7) is 3.48. The van der Waals surface area contributed by atoms with Crippen LogP contribution >= 0.6 is 11.3 Å². The molecule has 7 heteroatoms. The van der Waals surface area contributed by atoms with Gasteiger partial charge in [0.25, 0.3) is 0 Å². The zero-order valence-corrected chi connectivity index (χ0v) is 19.6. The van der Waals surface area contributed by atoms with Crippen LogP contribution in [-0.2, 0) is 21.1 Å². The molecule has 2 aromatic heterocycles. The Morgan fingerprint density at radius 1 is 1.12 bits per heavy atom. The molecule has 0 fully saturated rings. The number of aryl methyl sites for hydroxylation is 1. The van der Waals surface area contributed by atoms with Gasteiger partial charge in [-0.1, -0.05) is 41.1 Å². The standard InChI is InChI=1S/C26H23NO4S2/c1-17-3-6-19(7-4-17)8-9-22-10-12-25(32-22)33(30,31)16-21(26(28)29)14-20-15-27-24-11-5-18(2)13-23(20)24/h3-7,10-13,15,21,27H,14,16H2,1-2H3,(H,28,29)/t21-/m0/s1/i5D,11D,13D,15D. The first-order valence-electron chi connectivity index (χ1n) is 12.1. The highest BCUT2D eigenvalue weighted by molar-refractivity contribution is 7.93. The molecule has 0 amide bonds. The van der Waals surface area contributed by atoms with Crippen LogP contribution in [0.2, 0.25) is 0 Å². The highest BCUT2D eigenvalue weighted by Crippen LogP contribution is 2.27. The summed E-state index contributed by atoms with van der Waals surface area (Å²) in [7, 11) is -3.99. The van der Waals surface area contributed by atoms with Gasteiger partial charge in [0.15, 0.2) is 9.84 Å². The van der Waals surface area contributed by atoms with Crippen molar-refractivity contribution in [2.24, 2.45) is 5.92 Å². The average molecular weight is 482 g/mol. The summed E-state index contributed by atoms with van der Waals surface area (Å²) >= 11 is 0.964. The molecule has 2 aromatic carbocycles. The molecule has 4 rings (SSSR count). The number of carboxylic acid groups (broad SMARTS) is 1. The van der Waals surface area contributed by atoms with Crippen molar-refractivity contribution >= 4 is 38.0 Å². The van der Waals surface area contributed by atoms with Crippen LogP contribution in [0.5, 0.6) is 0 Å². The van der Waals surface area contributed by atoms with E-state index in [1.165, 1.54) is 13.0 Å². The SMILES string of the molecule is [2H]c1[nH]c2c([2H])c([2H])c(C)c([2H])c2c1C[C@@H](CS(=O)(=O)c1ccc(C#Cc2ccc(C)cc2)s1)C(=O)O. The van der Waals surface area contributed by atoms with Gasteiger partial charge in [-0.3, -0.25) is 4.79 Å².